The SMILES string of the molecule is CC1(C)OC(=O)C(=CNC=C2C(=O)OC(C)(C)OC2=O)C(=O)O1. The van der Waals surface area contributed by atoms with Crippen LogP contribution < -0.4 is 5.32 Å². The topological polar surface area (TPSA) is 117 Å². The minimum atomic E-state index is -1.35. The standard InChI is InChI=1S/C14H15NO8/c1-13(2)20-9(16)7(10(17)21-13)5-15-6-8-11(18)22-14(3,4)23-12(8)19/h5-6,15H,1-4H3. The van der Waals surface area contributed by atoms with E-state index in [4.69, 9.17) is 18.9 Å². The highest BCUT2D eigenvalue weighted by molar-refractivity contribution is 6.16. The average molecular weight is 325 g/mol. The molecule has 9 nitrogen and oxygen atoms in total. The van der Waals surface area contributed by atoms with Crippen molar-refractivity contribution in [3.63, 3.8) is 0 Å². The second-order valence-electron chi connectivity index (χ2n) is 5.64. The molecule has 2 fully saturated rings. The predicted octanol–water partition coefficient (Wildman–Crippen LogP) is 0.0160. The first-order valence-electron chi connectivity index (χ1n) is 6.60. The fourth-order valence-electron chi connectivity index (χ4n) is 1.77. The molecule has 9 heteroatoms. The van der Waals surface area contributed by atoms with E-state index in [1.54, 1.807) is 0 Å². The smallest absolute Gasteiger partial charge is 0.350 e. The molecule has 124 valence electrons. The van der Waals surface area contributed by atoms with E-state index in [2.05, 4.69) is 5.32 Å². The van der Waals surface area contributed by atoms with Gasteiger partial charge < -0.3 is 24.3 Å². The molecule has 23 heavy (non-hydrogen) atoms. The number of rotatable bonds is 2. The van der Waals surface area contributed by atoms with Gasteiger partial charge in [-0.25, -0.2) is 19.2 Å². The molecule has 2 aliphatic rings. The lowest BCUT2D eigenvalue weighted by molar-refractivity contribution is -0.224. The summed E-state index contributed by atoms with van der Waals surface area (Å²) in [6.07, 6.45) is 1.90. The molecule has 0 aromatic rings. The van der Waals surface area contributed by atoms with Crippen LogP contribution in [0.3, 0.4) is 0 Å². The summed E-state index contributed by atoms with van der Waals surface area (Å²) in [6, 6.07) is 0. The Labute approximate surface area is 131 Å². The van der Waals surface area contributed by atoms with Gasteiger partial charge in [-0.2, -0.15) is 0 Å². The van der Waals surface area contributed by atoms with Gasteiger partial charge in [0.2, 0.25) is 0 Å². The van der Waals surface area contributed by atoms with E-state index >= 15 is 0 Å². The Kier molecular flexibility index (Phi) is 3.89. The second kappa shape index (κ2) is 5.41. The summed E-state index contributed by atoms with van der Waals surface area (Å²) in [7, 11) is 0. The van der Waals surface area contributed by atoms with Crippen LogP contribution in [0, 0.1) is 0 Å². The van der Waals surface area contributed by atoms with E-state index in [9.17, 15) is 19.2 Å². The van der Waals surface area contributed by atoms with Crippen LogP contribution in [0.25, 0.3) is 0 Å². The largest absolute Gasteiger partial charge is 0.419 e. The summed E-state index contributed by atoms with van der Waals surface area (Å²) in [5.41, 5.74) is -0.835. The monoisotopic (exact) mass is 325 g/mol. The Morgan fingerprint density at radius 2 is 0.913 bits per heavy atom. The van der Waals surface area contributed by atoms with Crippen LogP contribution in [0.1, 0.15) is 27.7 Å². The zero-order chi connectivity index (χ0) is 17.4. The Bertz CT molecular complexity index is 556. The van der Waals surface area contributed by atoms with E-state index in [-0.39, 0.29) is 0 Å². The maximum absolute atomic E-state index is 11.7. The lowest BCUT2D eigenvalue weighted by Gasteiger charge is -2.30. The molecule has 0 bridgehead atoms. The molecule has 2 heterocycles. The maximum atomic E-state index is 11.7. The quantitative estimate of drug-likeness (QED) is 0.426. The van der Waals surface area contributed by atoms with Crippen LogP contribution in [0.4, 0.5) is 0 Å². The van der Waals surface area contributed by atoms with Crippen molar-refractivity contribution < 1.29 is 38.1 Å². The fourth-order valence-corrected chi connectivity index (χ4v) is 1.77. The predicted molar refractivity (Wildman–Crippen MR) is 71.8 cm³/mol. The zero-order valence-electron chi connectivity index (χ0n) is 12.9. The highest BCUT2D eigenvalue weighted by Gasteiger charge is 2.40. The Hall–Kier alpha value is -2.84. The molecule has 1 N–H and O–H groups in total. The third-order valence-corrected chi connectivity index (χ3v) is 2.69. The lowest BCUT2D eigenvalue weighted by atomic mass is 10.2. The number of carbonyl (C=O) groups is 4. The molecule has 0 amide bonds. The molecule has 0 atom stereocenters. The molecule has 2 rings (SSSR count). The Balaban J connectivity index is 2.12. The van der Waals surface area contributed by atoms with Crippen LogP contribution in [-0.4, -0.2) is 35.5 Å². The van der Waals surface area contributed by atoms with Crippen LogP contribution >= 0.6 is 0 Å². The number of carbonyl (C=O) groups excluding carboxylic acids is 4. The van der Waals surface area contributed by atoms with Gasteiger partial charge in [-0.05, 0) is 0 Å². The average Bonchev–Trinajstić information content (AvgIpc) is 2.32. The number of hydrogen-bond acceptors (Lipinski definition) is 9. The molecule has 0 aliphatic carbocycles. The minimum Gasteiger partial charge on any atom is -0.419 e. The van der Waals surface area contributed by atoms with Crippen molar-refractivity contribution in [1.29, 1.82) is 0 Å². The van der Waals surface area contributed by atoms with Crippen LogP contribution in [0.15, 0.2) is 23.5 Å². The van der Waals surface area contributed by atoms with Crippen molar-refractivity contribution in [3.05, 3.63) is 23.5 Å². The third-order valence-electron chi connectivity index (χ3n) is 2.69. The first kappa shape index (κ1) is 16.5. The van der Waals surface area contributed by atoms with Crippen LogP contribution in [0.5, 0.6) is 0 Å². The van der Waals surface area contributed by atoms with E-state index in [1.165, 1.54) is 27.7 Å². The van der Waals surface area contributed by atoms with Gasteiger partial charge in [-0.1, -0.05) is 0 Å². The van der Waals surface area contributed by atoms with E-state index in [1.807, 2.05) is 0 Å². The van der Waals surface area contributed by atoms with Gasteiger partial charge in [0.05, 0.1) is 0 Å². The van der Waals surface area contributed by atoms with Crippen molar-refractivity contribution in [1.82, 2.24) is 5.32 Å². The van der Waals surface area contributed by atoms with Gasteiger partial charge in [0.15, 0.2) is 11.1 Å². The molecule has 2 aliphatic heterocycles. The van der Waals surface area contributed by atoms with Crippen molar-refractivity contribution in [3.8, 4) is 0 Å². The summed E-state index contributed by atoms with van der Waals surface area (Å²) in [6.45, 7) is 5.63. The van der Waals surface area contributed by atoms with Crippen LogP contribution in [-0.2, 0) is 38.1 Å². The lowest BCUT2D eigenvalue weighted by Crippen LogP contribution is -2.42. The molecule has 0 unspecified atom stereocenters. The van der Waals surface area contributed by atoms with Gasteiger partial charge in [-0.3, -0.25) is 0 Å². The third kappa shape index (κ3) is 3.68. The Morgan fingerprint density at radius 1 is 0.652 bits per heavy atom. The summed E-state index contributed by atoms with van der Waals surface area (Å²) in [5, 5.41) is 2.37. The van der Waals surface area contributed by atoms with Gasteiger partial charge in [0.1, 0.15) is 0 Å². The Morgan fingerprint density at radius 3 is 1.17 bits per heavy atom. The van der Waals surface area contributed by atoms with Gasteiger partial charge >= 0.3 is 23.9 Å². The van der Waals surface area contributed by atoms with Crippen molar-refractivity contribution >= 4 is 23.9 Å². The second-order valence-corrected chi connectivity index (χ2v) is 5.64. The number of nitrogens with one attached hydrogen (secondary N) is 1. The van der Waals surface area contributed by atoms with E-state index in [0.29, 0.717) is 0 Å². The number of hydrogen-bond donors (Lipinski definition) is 1. The minimum absolute atomic E-state index is 0.418. The molecule has 0 saturated carbocycles. The van der Waals surface area contributed by atoms with Gasteiger partial charge in [0, 0.05) is 40.1 Å². The highest BCUT2D eigenvalue weighted by atomic mass is 16.7. The number of ether oxygens (including phenoxy) is 4. The summed E-state index contributed by atoms with van der Waals surface area (Å²) >= 11 is 0. The van der Waals surface area contributed by atoms with Crippen molar-refractivity contribution in [2.45, 2.75) is 39.3 Å². The van der Waals surface area contributed by atoms with E-state index in [0.717, 1.165) is 12.4 Å². The molecular formula is C14H15NO8. The van der Waals surface area contributed by atoms with Gasteiger partial charge in [-0.15, -0.1) is 0 Å². The van der Waals surface area contributed by atoms with Crippen molar-refractivity contribution in [2.75, 3.05) is 0 Å². The molecule has 2 saturated heterocycles. The van der Waals surface area contributed by atoms with Crippen LogP contribution in [0.2, 0.25) is 0 Å². The van der Waals surface area contributed by atoms with E-state index < -0.39 is 46.6 Å². The summed E-state index contributed by atoms with van der Waals surface area (Å²) in [4.78, 5) is 46.7. The molecule has 0 radical (unpaired) electrons. The summed E-state index contributed by atoms with van der Waals surface area (Å²) in [5.74, 6) is -6.29. The van der Waals surface area contributed by atoms with Gasteiger partial charge in [0.25, 0.3) is 11.6 Å². The fraction of sp³-hybridized carbons (Fsp3) is 0.429. The summed E-state index contributed by atoms with van der Waals surface area (Å²) < 4.78 is 19.5. The first-order valence-corrected chi connectivity index (χ1v) is 6.60. The zero-order valence-corrected chi connectivity index (χ0v) is 12.9. The molecular weight excluding hydrogens is 310 g/mol. The number of esters is 4. The van der Waals surface area contributed by atoms with Crippen molar-refractivity contribution in [2.24, 2.45) is 0 Å². The number of cyclic esters (lactones) is 4. The maximum Gasteiger partial charge on any atom is 0.350 e. The highest BCUT2D eigenvalue weighted by Crippen LogP contribution is 2.23. The first-order chi connectivity index (χ1) is 10.5. The molecule has 0 aromatic heterocycles. The molecule has 0 spiro atoms. The molecule has 0 aromatic carbocycles. The normalized spacial score (nSPS) is 22.4.